The first kappa shape index (κ1) is 18.0. The smallest absolute Gasteiger partial charge is 0.313 e. The van der Waals surface area contributed by atoms with Crippen LogP contribution in [0.15, 0.2) is 0 Å². The van der Waals surface area contributed by atoms with Crippen LogP contribution in [0.3, 0.4) is 0 Å². The molecular weight excluding hydrogens is 268 g/mol. The maximum Gasteiger partial charge on any atom is 0.313 e. The summed E-state index contributed by atoms with van der Waals surface area (Å²) >= 11 is 0. The van der Waals surface area contributed by atoms with Gasteiger partial charge in [0.1, 0.15) is 6.61 Å². The van der Waals surface area contributed by atoms with Gasteiger partial charge in [0, 0.05) is 0 Å². The van der Waals surface area contributed by atoms with E-state index in [1.807, 2.05) is 6.92 Å². The van der Waals surface area contributed by atoms with Crippen molar-refractivity contribution in [2.24, 2.45) is 16.2 Å². The lowest BCUT2D eigenvalue weighted by atomic mass is 9.61. The number of rotatable bonds is 3. The summed E-state index contributed by atoms with van der Waals surface area (Å²) in [6.45, 7) is 16.4. The van der Waals surface area contributed by atoms with Crippen LogP contribution in [0, 0.1) is 16.2 Å². The van der Waals surface area contributed by atoms with Crippen molar-refractivity contribution >= 4 is 11.9 Å². The lowest BCUT2D eigenvalue weighted by molar-refractivity contribution is -0.179. The van der Waals surface area contributed by atoms with Crippen molar-refractivity contribution in [3.63, 3.8) is 0 Å². The number of cyclic esters (lactones) is 1. The van der Waals surface area contributed by atoms with E-state index in [0.29, 0.717) is 6.42 Å². The molecule has 0 aromatic heterocycles. The van der Waals surface area contributed by atoms with Gasteiger partial charge in [-0.05, 0) is 31.1 Å². The molecule has 0 aromatic rings. The summed E-state index contributed by atoms with van der Waals surface area (Å²) in [5.41, 5.74) is -1.69. The molecule has 1 saturated heterocycles. The molecule has 0 bridgehead atoms. The van der Waals surface area contributed by atoms with E-state index < -0.39 is 11.0 Å². The SMILES string of the molecule is CC(C)(C)CC(C)(C(=O)OC1(C)COC(=O)C1)C(C)(C)C. The van der Waals surface area contributed by atoms with Crippen LogP contribution in [0.1, 0.15) is 68.2 Å². The van der Waals surface area contributed by atoms with Gasteiger partial charge in [-0.1, -0.05) is 41.5 Å². The van der Waals surface area contributed by atoms with Gasteiger partial charge in [0.2, 0.25) is 0 Å². The first-order valence-corrected chi connectivity index (χ1v) is 7.58. The van der Waals surface area contributed by atoms with Crippen molar-refractivity contribution in [3.8, 4) is 0 Å². The van der Waals surface area contributed by atoms with Gasteiger partial charge < -0.3 is 9.47 Å². The van der Waals surface area contributed by atoms with Crippen molar-refractivity contribution in [2.75, 3.05) is 6.61 Å². The quantitative estimate of drug-likeness (QED) is 0.745. The van der Waals surface area contributed by atoms with E-state index in [1.165, 1.54) is 0 Å². The van der Waals surface area contributed by atoms with E-state index in [-0.39, 0.29) is 35.8 Å². The van der Waals surface area contributed by atoms with Crippen LogP contribution in [0.4, 0.5) is 0 Å². The van der Waals surface area contributed by atoms with Gasteiger partial charge in [-0.25, -0.2) is 0 Å². The molecule has 1 aliphatic rings. The molecule has 21 heavy (non-hydrogen) atoms. The van der Waals surface area contributed by atoms with E-state index in [4.69, 9.17) is 9.47 Å². The molecule has 2 unspecified atom stereocenters. The van der Waals surface area contributed by atoms with Crippen LogP contribution in [0.5, 0.6) is 0 Å². The third-order valence-corrected chi connectivity index (χ3v) is 4.39. The number of carbonyl (C=O) groups excluding carboxylic acids is 2. The lowest BCUT2D eigenvalue weighted by Gasteiger charge is -2.44. The Morgan fingerprint density at radius 3 is 2.05 bits per heavy atom. The monoisotopic (exact) mass is 298 g/mol. The van der Waals surface area contributed by atoms with Gasteiger partial charge in [-0.2, -0.15) is 0 Å². The molecule has 0 amide bonds. The minimum atomic E-state index is -0.835. The van der Waals surface area contributed by atoms with Crippen molar-refractivity contribution in [3.05, 3.63) is 0 Å². The third-order valence-electron chi connectivity index (χ3n) is 4.39. The van der Waals surface area contributed by atoms with Gasteiger partial charge in [-0.15, -0.1) is 0 Å². The molecule has 1 heterocycles. The van der Waals surface area contributed by atoms with Gasteiger partial charge in [-0.3, -0.25) is 9.59 Å². The molecule has 1 aliphatic heterocycles. The van der Waals surface area contributed by atoms with E-state index in [2.05, 4.69) is 41.5 Å². The zero-order valence-corrected chi connectivity index (χ0v) is 14.8. The summed E-state index contributed by atoms with van der Waals surface area (Å²) in [5, 5.41) is 0. The molecule has 4 nitrogen and oxygen atoms in total. The van der Waals surface area contributed by atoms with Crippen molar-refractivity contribution in [1.29, 1.82) is 0 Å². The molecule has 0 saturated carbocycles. The molecule has 122 valence electrons. The van der Waals surface area contributed by atoms with E-state index in [1.54, 1.807) is 6.92 Å². The summed E-state index contributed by atoms with van der Waals surface area (Å²) in [6.07, 6.45) is 0.849. The Balaban J connectivity index is 2.99. The fourth-order valence-electron chi connectivity index (χ4n) is 2.75. The van der Waals surface area contributed by atoms with Gasteiger partial charge >= 0.3 is 11.9 Å². The highest BCUT2D eigenvalue weighted by Crippen LogP contribution is 2.48. The predicted octanol–water partition coefficient (Wildman–Crippen LogP) is 3.72. The van der Waals surface area contributed by atoms with Gasteiger partial charge in [0.25, 0.3) is 0 Å². The van der Waals surface area contributed by atoms with Crippen molar-refractivity contribution in [2.45, 2.75) is 73.8 Å². The Bertz CT molecular complexity index is 427. The Kier molecular flexibility index (Phi) is 4.53. The normalized spacial score (nSPS) is 26.2. The molecule has 4 heteroatoms. The average Bonchev–Trinajstić information content (AvgIpc) is 2.53. The second-order valence-corrected chi connectivity index (χ2v) is 9.00. The molecule has 0 aliphatic carbocycles. The Hall–Kier alpha value is -1.06. The minimum absolute atomic E-state index is 0.00392. The minimum Gasteiger partial charge on any atom is -0.461 e. The highest BCUT2D eigenvalue weighted by atomic mass is 16.6. The van der Waals surface area contributed by atoms with Crippen LogP contribution in [0.25, 0.3) is 0 Å². The number of hydrogen-bond donors (Lipinski definition) is 0. The van der Waals surface area contributed by atoms with Gasteiger partial charge in [0.05, 0.1) is 11.8 Å². The molecule has 0 radical (unpaired) electrons. The standard InChI is InChI=1S/C17H30O4/c1-14(2,3)10-17(8,15(4,5)6)13(19)21-16(7)9-12(18)20-11-16/h9-11H2,1-8H3. The van der Waals surface area contributed by atoms with Crippen LogP contribution in [0.2, 0.25) is 0 Å². The molecule has 1 rings (SSSR count). The average molecular weight is 298 g/mol. The highest BCUT2D eigenvalue weighted by molar-refractivity contribution is 5.79. The molecule has 0 aromatic carbocycles. The van der Waals surface area contributed by atoms with E-state index >= 15 is 0 Å². The Morgan fingerprint density at radius 1 is 1.19 bits per heavy atom. The zero-order valence-electron chi connectivity index (χ0n) is 14.8. The van der Waals surface area contributed by atoms with Crippen molar-refractivity contribution in [1.82, 2.24) is 0 Å². The Morgan fingerprint density at radius 2 is 1.71 bits per heavy atom. The maximum atomic E-state index is 12.9. The van der Waals surface area contributed by atoms with Crippen LogP contribution in [-0.2, 0) is 19.1 Å². The van der Waals surface area contributed by atoms with E-state index in [9.17, 15) is 9.59 Å². The Labute approximate surface area is 128 Å². The highest BCUT2D eigenvalue weighted by Gasteiger charge is 2.51. The first-order chi connectivity index (χ1) is 9.19. The second kappa shape index (κ2) is 5.29. The molecule has 0 N–H and O–H groups in total. The summed E-state index contributed by atoms with van der Waals surface area (Å²) in [7, 11) is 0. The van der Waals surface area contributed by atoms with E-state index in [0.717, 1.165) is 0 Å². The zero-order chi connectivity index (χ0) is 16.7. The summed E-state index contributed by atoms with van der Waals surface area (Å²) in [4.78, 5) is 24.2. The third kappa shape index (κ3) is 4.21. The number of esters is 2. The predicted molar refractivity (Wildman–Crippen MR) is 81.7 cm³/mol. The first-order valence-electron chi connectivity index (χ1n) is 7.58. The molecule has 0 spiro atoms. The van der Waals surface area contributed by atoms with Crippen molar-refractivity contribution < 1.29 is 19.1 Å². The number of hydrogen-bond acceptors (Lipinski definition) is 4. The fourth-order valence-corrected chi connectivity index (χ4v) is 2.75. The van der Waals surface area contributed by atoms with Gasteiger partial charge in [0.15, 0.2) is 5.60 Å². The summed E-state index contributed by atoms with van der Waals surface area (Å²) in [5.74, 6) is -0.552. The summed E-state index contributed by atoms with van der Waals surface area (Å²) < 4.78 is 10.7. The number of ether oxygens (including phenoxy) is 2. The molecular formula is C17H30O4. The topological polar surface area (TPSA) is 52.6 Å². The van der Waals surface area contributed by atoms with Crippen LogP contribution >= 0.6 is 0 Å². The fraction of sp³-hybridized carbons (Fsp3) is 0.882. The molecule has 1 fully saturated rings. The maximum absolute atomic E-state index is 12.9. The van der Waals surface area contributed by atoms with Crippen LogP contribution < -0.4 is 0 Å². The largest absolute Gasteiger partial charge is 0.461 e. The molecule has 2 atom stereocenters. The lowest BCUT2D eigenvalue weighted by Crippen LogP contribution is -2.47. The number of carbonyl (C=O) groups is 2. The van der Waals surface area contributed by atoms with Crippen LogP contribution in [-0.4, -0.2) is 24.1 Å². The summed E-state index contributed by atoms with van der Waals surface area (Å²) in [6, 6.07) is 0. The second-order valence-electron chi connectivity index (χ2n) is 9.00.